The van der Waals surface area contributed by atoms with Gasteiger partial charge in [0.2, 0.25) is 5.91 Å². The van der Waals surface area contributed by atoms with Crippen LogP contribution in [0.25, 0.3) is 22.2 Å². The Morgan fingerprint density at radius 2 is 1.88 bits per heavy atom. The smallest absolute Gasteiger partial charge is 0.243 e. The monoisotopic (exact) mass is 711 g/mol. The van der Waals surface area contributed by atoms with Gasteiger partial charge in [-0.25, -0.2) is 28.3 Å². The Hall–Kier alpha value is -4.76. The predicted molar refractivity (Wildman–Crippen MR) is 183 cm³/mol. The van der Waals surface area contributed by atoms with Gasteiger partial charge in [-0.1, -0.05) is 23.7 Å². The summed E-state index contributed by atoms with van der Waals surface area (Å²) in [4.78, 5) is 20.3. The number of hydrogen-bond donors (Lipinski definition) is 4. The largest absolute Gasteiger partial charge is 0.493 e. The van der Waals surface area contributed by atoms with Crippen molar-refractivity contribution in [1.29, 1.82) is 0 Å². The number of amides is 1. The lowest BCUT2D eigenvalue weighted by Crippen LogP contribution is -2.21. The Morgan fingerprint density at radius 1 is 1.02 bits per heavy atom. The molecule has 258 valence electrons. The molecule has 0 radical (unpaired) electrons. The number of furan rings is 1. The maximum Gasteiger partial charge on any atom is 0.243 e. The van der Waals surface area contributed by atoms with Gasteiger partial charge in [0.15, 0.2) is 0 Å². The summed E-state index contributed by atoms with van der Waals surface area (Å²) in [5.74, 6) is 1.73. The van der Waals surface area contributed by atoms with E-state index in [0.29, 0.717) is 87.6 Å². The van der Waals surface area contributed by atoms with Crippen LogP contribution >= 0.6 is 11.6 Å². The molecule has 0 fully saturated rings. The molecular weight excluding hydrogens is 677 g/mol. The molecule has 0 saturated heterocycles. The lowest BCUT2D eigenvalue weighted by atomic mass is 10.1. The van der Waals surface area contributed by atoms with E-state index in [1.807, 2.05) is 6.07 Å². The standard InChI is InChI=1S/C34H35ClFN5O7S/c1-49(44,45)14-12-37-19-25-9-11-30(48-25)27-17-26-29(18-32(27)46-13-3-2-7-33(42)41-43)38-21-39-34(26)40-24-8-10-31(28(35)16-24)47-20-22-5-4-6-23(36)15-22/h4-6,8-11,15-18,21,37,43H,2-3,7,12-14,19-20H2,1H3,(H,41,42)(H,38,39,40). The molecule has 49 heavy (non-hydrogen) atoms. The molecule has 0 aliphatic carbocycles. The molecule has 2 heterocycles. The number of benzene rings is 3. The number of ether oxygens (including phenoxy) is 2. The highest BCUT2D eigenvalue weighted by molar-refractivity contribution is 7.90. The van der Waals surface area contributed by atoms with Crippen molar-refractivity contribution in [3.63, 3.8) is 0 Å². The van der Waals surface area contributed by atoms with Crippen LogP contribution in [-0.2, 0) is 27.8 Å². The number of hydroxylamine groups is 1. The minimum Gasteiger partial charge on any atom is -0.493 e. The van der Waals surface area contributed by atoms with Gasteiger partial charge in [-0.15, -0.1) is 0 Å². The molecule has 1 amide bonds. The number of carbonyl (C=O) groups is 1. The van der Waals surface area contributed by atoms with E-state index >= 15 is 0 Å². The second kappa shape index (κ2) is 16.6. The first kappa shape index (κ1) is 35.5. The summed E-state index contributed by atoms with van der Waals surface area (Å²) in [6, 6.07) is 18.6. The third-order valence-corrected chi connectivity index (χ3v) is 8.51. The highest BCUT2D eigenvalue weighted by Crippen LogP contribution is 2.38. The van der Waals surface area contributed by atoms with Crippen LogP contribution < -0.4 is 25.6 Å². The van der Waals surface area contributed by atoms with E-state index in [0.717, 1.165) is 0 Å². The third kappa shape index (κ3) is 10.4. The Morgan fingerprint density at radius 3 is 2.65 bits per heavy atom. The first-order chi connectivity index (χ1) is 23.6. The molecule has 5 aromatic rings. The SMILES string of the molecule is CS(=O)(=O)CCNCc1ccc(-c2cc3c(Nc4ccc(OCc5cccc(F)c5)c(Cl)c4)ncnc3cc2OCCCCC(=O)NO)o1. The average Bonchev–Trinajstić information content (AvgIpc) is 3.54. The van der Waals surface area contributed by atoms with Gasteiger partial charge in [-0.2, -0.15) is 0 Å². The van der Waals surface area contributed by atoms with Crippen molar-refractivity contribution in [2.24, 2.45) is 0 Å². The van der Waals surface area contributed by atoms with Crippen molar-refractivity contribution >= 4 is 49.8 Å². The molecule has 15 heteroatoms. The molecule has 0 saturated carbocycles. The highest BCUT2D eigenvalue weighted by Gasteiger charge is 2.17. The van der Waals surface area contributed by atoms with Gasteiger partial charge in [0, 0.05) is 36.4 Å². The number of hydrogen-bond acceptors (Lipinski definition) is 11. The van der Waals surface area contributed by atoms with Gasteiger partial charge in [0.1, 0.15) is 57.4 Å². The average molecular weight is 712 g/mol. The van der Waals surface area contributed by atoms with Crippen molar-refractivity contribution in [3.05, 3.63) is 95.2 Å². The first-order valence-corrected chi connectivity index (χ1v) is 17.8. The van der Waals surface area contributed by atoms with Crippen LogP contribution in [0.15, 0.2) is 77.5 Å². The second-order valence-corrected chi connectivity index (χ2v) is 13.9. The quantitative estimate of drug-likeness (QED) is 0.0494. The topological polar surface area (TPSA) is 165 Å². The van der Waals surface area contributed by atoms with E-state index in [9.17, 15) is 17.6 Å². The van der Waals surface area contributed by atoms with Gasteiger partial charge in [0.05, 0.1) is 35.0 Å². The zero-order valence-electron chi connectivity index (χ0n) is 26.5. The lowest BCUT2D eigenvalue weighted by Gasteiger charge is -2.15. The molecule has 0 unspecified atom stereocenters. The number of carbonyl (C=O) groups excluding carboxylic acids is 1. The Kier molecular flexibility index (Phi) is 12.0. The van der Waals surface area contributed by atoms with Crippen molar-refractivity contribution in [2.75, 3.05) is 30.5 Å². The van der Waals surface area contributed by atoms with Crippen LogP contribution in [0.2, 0.25) is 5.02 Å². The minimum atomic E-state index is -3.10. The van der Waals surface area contributed by atoms with Crippen molar-refractivity contribution < 1.29 is 36.7 Å². The number of fused-ring (bicyclic) bond motifs is 1. The highest BCUT2D eigenvalue weighted by atomic mass is 35.5. The zero-order chi connectivity index (χ0) is 34.8. The molecule has 2 aromatic heterocycles. The van der Waals surface area contributed by atoms with Crippen LogP contribution in [0.1, 0.15) is 30.6 Å². The number of unbranched alkanes of at least 4 members (excludes halogenated alkanes) is 1. The summed E-state index contributed by atoms with van der Waals surface area (Å²) in [7, 11) is -3.10. The summed E-state index contributed by atoms with van der Waals surface area (Å²) in [5.41, 5.74) is 4.14. The number of rotatable bonds is 17. The molecule has 3 aromatic carbocycles. The molecule has 0 aliphatic heterocycles. The summed E-state index contributed by atoms with van der Waals surface area (Å²) in [5, 5.41) is 16.1. The third-order valence-electron chi connectivity index (χ3n) is 7.27. The number of sulfone groups is 1. The van der Waals surface area contributed by atoms with E-state index in [2.05, 4.69) is 20.6 Å². The number of nitrogens with one attached hydrogen (secondary N) is 3. The normalized spacial score (nSPS) is 11.4. The fourth-order valence-corrected chi connectivity index (χ4v) is 5.58. The van der Waals surface area contributed by atoms with Crippen LogP contribution in [-0.4, -0.2) is 54.7 Å². The molecule has 0 bridgehead atoms. The van der Waals surface area contributed by atoms with Crippen molar-refractivity contribution in [3.8, 4) is 22.8 Å². The van der Waals surface area contributed by atoms with E-state index in [1.165, 1.54) is 24.7 Å². The predicted octanol–water partition coefficient (Wildman–Crippen LogP) is 6.19. The van der Waals surface area contributed by atoms with E-state index in [1.54, 1.807) is 54.0 Å². The Balaban J connectivity index is 1.37. The zero-order valence-corrected chi connectivity index (χ0v) is 28.1. The Labute approximate surface area is 287 Å². The van der Waals surface area contributed by atoms with Gasteiger partial charge >= 0.3 is 0 Å². The number of aromatic nitrogens is 2. The van der Waals surface area contributed by atoms with Gasteiger partial charge in [-0.05, 0) is 66.9 Å². The summed E-state index contributed by atoms with van der Waals surface area (Å²) >= 11 is 6.53. The maximum absolute atomic E-state index is 13.5. The first-order valence-electron chi connectivity index (χ1n) is 15.3. The number of anilines is 2. The van der Waals surface area contributed by atoms with Crippen LogP contribution in [0.3, 0.4) is 0 Å². The van der Waals surface area contributed by atoms with Crippen LogP contribution in [0, 0.1) is 5.82 Å². The maximum atomic E-state index is 13.5. The molecule has 4 N–H and O–H groups in total. The van der Waals surface area contributed by atoms with Gasteiger partial charge in [-0.3, -0.25) is 10.0 Å². The van der Waals surface area contributed by atoms with Crippen molar-refractivity contribution in [1.82, 2.24) is 20.8 Å². The van der Waals surface area contributed by atoms with E-state index in [4.69, 9.17) is 30.7 Å². The number of halogens is 2. The lowest BCUT2D eigenvalue weighted by molar-refractivity contribution is -0.129. The number of nitrogens with zero attached hydrogens (tertiary/aromatic N) is 2. The minimum absolute atomic E-state index is 0.00877. The Bertz CT molecular complexity index is 2030. The van der Waals surface area contributed by atoms with Gasteiger partial charge in [0.25, 0.3) is 0 Å². The van der Waals surface area contributed by atoms with E-state index in [-0.39, 0.29) is 31.1 Å². The molecule has 0 spiro atoms. The molecule has 0 atom stereocenters. The van der Waals surface area contributed by atoms with Crippen molar-refractivity contribution in [2.45, 2.75) is 32.4 Å². The fraction of sp³-hybridized carbons (Fsp3) is 0.265. The van der Waals surface area contributed by atoms with Crippen LogP contribution in [0.5, 0.6) is 11.5 Å². The molecule has 0 aliphatic rings. The molecule has 5 rings (SSSR count). The summed E-state index contributed by atoms with van der Waals surface area (Å²) < 4.78 is 54.5. The second-order valence-electron chi connectivity index (χ2n) is 11.2. The molecular formula is C34H35ClFN5O7S. The summed E-state index contributed by atoms with van der Waals surface area (Å²) in [6.45, 7) is 1.05. The van der Waals surface area contributed by atoms with E-state index < -0.39 is 15.7 Å². The fourth-order valence-electron chi connectivity index (χ4n) is 4.83. The van der Waals surface area contributed by atoms with Crippen LogP contribution in [0.4, 0.5) is 15.9 Å². The van der Waals surface area contributed by atoms with Gasteiger partial charge < -0.3 is 24.5 Å². The summed E-state index contributed by atoms with van der Waals surface area (Å²) in [6.07, 6.45) is 3.83. The molecule has 12 nitrogen and oxygen atoms in total.